The van der Waals surface area contributed by atoms with Gasteiger partial charge in [0.25, 0.3) is 0 Å². The Hall–Kier alpha value is -3.98. The molecule has 0 aromatic heterocycles. The minimum absolute atomic E-state index is 0.0549. The summed E-state index contributed by atoms with van der Waals surface area (Å²) in [5.41, 5.74) is 3.91. The molecule has 2 N–H and O–H groups in total. The van der Waals surface area contributed by atoms with Gasteiger partial charge in [-0.1, -0.05) is 0 Å². The molecule has 0 unspecified atom stereocenters. The smallest absolute Gasteiger partial charge is 0.303 e. The number of ether oxygens (including phenoxy) is 7. The highest BCUT2D eigenvalue weighted by Crippen LogP contribution is 2.29. The molecule has 220 valence electrons. The SMILES string of the molecule is COc1ccc(/C(C)=N/NC(=S)N[C@@H]2O[C@H](COC(C)=O)[C@@H](OC(C)=O)[C@H](OC(C)=O)[C@H]2OC(C)=O)cc1OC. The average Bonchev–Trinajstić information content (AvgIpc) is 2.88. The van der Waals surface area contributed by atoms with Gasteiger partial charge >= 0.3 is 23.9 Å². The van der Waals surface area contributed by atoms with E-state index >= 15 is 0 Å². The second kappa shape index (κ2) is 15.0. The van der Waals surface area contributed by atoms with E-state index in [-0.39, 0.29) is 11.7 Å². The van der Waals surface area contributed by atoms with E-state index in [0.29, 0.717) is 22.8 Å². The van der Waals surface area contributed by atoms with Crippen molar-refractivity contribution in [1.82, 2.24) is 10.7 Å². The van der Waals surface area contributed by atoms with Gasteiger partial charge in [0.05, 0.1) is 19.9 Å². The molecule has 0 saturated carbocycles. The summed E-state index contributed by atoms with van der Waals surface area (Å²) in [4.78, 5) is 47.2. The van der Waals surface area contributed by atoms with Gasteiger partial charge in [-0.2, -0.15) is 5.10 Å². The van der Waals surface area contributed by atoms with Crippen molar-refractivity contribution in [2.75, 3.05) is 20.8 Å². The number of thiocarbonyl (C=S) groups is 1. The molecular formula is C25H33N3O11S. The number of hydrazone groups is 1. The van der Waals surface area contributed by atoms with Gasteiger partial charge < -0.3 is 38.5 Å². The first kappa shape index (κ1) is 32.2. The molecular weight excluding hydrogens is 550 g/mol. The highest BCUT2D eigenvalue weighted by Gasteiger charge is 2.52. The number of hydrogen-bond donors (Lipinski definition) is 2. The number of nitrogens with zero attached hydrogens (tertiary/aromatic N) is 1. The Morgan fingerprint density at radius 3 is 1.98 bits per heavy atom. The molecule has 1 fully saturated rings. The van der Waals surface area contributed by atoms with Crippen LogP contribution in [0.5, 0.6) is 11.5 Å². The third-order valence-electron chi connectivity index (χ3n) is 5.39. The first-order chi connectivity index (χ1) is 18.9. The van der Waals surface area contributed by atoms with Crippen LogP contribution < -0.4 is 20.2 Å². The van der Waals surface area contributed by atoms with Crippen LogP contribution in [0.25, 0.3) is 0 Å². The van der Waals surface area contributed by atoms with Gasteiger partial charge in [-0.15, -0.1) is 0 Å². The lowest BCUT2D eigenvalue weighted by molar-refractivity contribution is -0.254. The number of benzene rings is 1. The average molecular weight is 584 g/mol. The van der Waals surface area contributed by atoms with E-state index in [1.54, 1.807) is 25.1 Å². The number of methoxy groups -OCH3 is 2. The largest absolute Gasteiger partial charge is 0.493 e. The van der Waals surface area contributed by atoms with Crippen molar-refractivity contribution >= 4 is 46.9 Å². The minimum atomic E-state index is -1.34. The lowest BCUT2D eigenvalue weighted by Gasteiger charge is -2.44. The third-order valence-corrected chi connectivity index (χ3v) is 5.60. The van der Waals surface area contributed by atoms with Gasteiger partial charge in [-0.25, -0.2) is 0 Å². The Labute approximate surface area is 236 Å². The molecule has 1 saturated heterocycles. The van der Waals surface area contributed by atoms with Crippen molar-refractivity contribution in [3.8, 4) is 11.5 Å². The fraction of sp³-hybridized carbons (Fsp3) is 0.520. The highest BCUT2D eigenvalue weighted by molar-refractivity contribution is 7.80. The maximum Gasteiger partial charge on any atom is 0.303 e. The van der Waals surface area contributed by atoms with Crippen LogP contribution >= 0.6 is 12.2 Å². The first-order valence-corrected chi connectivity index (χ1v) is 12.4. The van der Waals surface area contributed by atoms with E-state index in [2.05, 4.69) is 15.8 Å². The van der Waals surface area contributed by atoms with E-state index in [9.17, 15) is 19.2 Å². The van der Waals surface area contributed by atoms with E-state index in [4.69, 9.17) is 45.4 Å². The Kier molecular flexibility index (Phi) is 12.1. The summed E-state index contributed by atoms with van der Waals surface area (Å²) in [7, 11) is 3.04. The number of esters is 4. The molecule has 0 amide bonds. The summed E-state index contributed by atoms with van der Waals surface area (Å²) in [5.74, 6) is -1.79. The molecule has 1 aliphatic heterocycles. The van der Waals surface area contributed by atoms with Crippen LogP contribution in [0.1, 0.15) is 40.2 Å². The molecule has 0 aliphatic carbocycles. The van der Waals surface area contributed by atoms with Crippen molar-refractivity contribution < 1.29 is 52.3 Å². The van der Waals surface area contributed by atoms with Crippen molar-refractivity contribution in [2.45, 2.75) is 65.3 Å². The number of rotatable bonds is 10. The fourth-order valence-electron chi connectivity index (χ4n) is 3.77. The summed E-state index contributed by atoms with van der Waals surface area (Å²) >= 11 is 5.36. The number of nitrogens with one attached hydrogen (secondary N) is 2. The molecule has 1 heterocycles. The topological polar surface area (TPSA) is 169 Å². The van der Waals surface area contributed by atoms with E-state index < -0.39 is 54.5 Å². The number of carbonyl (C=O) groups excluding carboxylic acids is 4. The molecule has 1 aromatic rings. The van der Waals surface area contributed by atoms with Crippen LogP contribution in [0.15, 0.2) is 23.3 Å². The molecule has 5 atom stereocenters. The molecule has 0 bridgehead atoms. The van der Waals surface area contributed by atoms with Gasteiger partial charge in [-0.3, -0.25) is 24.6 Å². The summed E-state index contributed by atoms with van der Waals surface area (Å²) in [6.45, 7) is 5.95. The van der Waals surface area contributed by atoms with Crippen LogP contribution in [0, 0.1) is 0 Å². The van der Waals surface area contributed by atoms with E-state index in [1.807, 2.05) is 0 Å². The Morgan fingerprint density at radius 1 is 0.850 bits per heavy atom. The summed E-state index contributed by atoms with van der Waals surface area (Å²) in [6, 6.07) is 5.23. The summed E-state index contributed by atoms with van der Waals surface area (Å²) < 4.78 is 37.7. The molecule has 0 radical (unpaired) electrons. The van der Waals surface area contributed by atoms with Crippen LogP contribution in [0.2, 0.25) is 0 Å². The summed E-state index contributed by atoms with van der Waals surface area (Å²) in [6.07, 6.45) is -6.31. The zero-order valence-electron chi connectivity index (χ0n) is 23.2. The predicted molar refractivity (Wildman–Crippen MR) is 143 cm³/mol. The maximum atomic E-state index is 12.0. The van der Waals surface area contributed by atoms with Crippen LogP contribution in [0.4, 0.5) is 0 Å². The van der Waals surface area contributed by atoms with Crippen molar-refractivity contribution in [3.05, 3.63) is 23.8 Å². The lowest BCUT2D eigenvalue weighted by atomic mass is 9.97. The monoisotopic (exact) mass is 583 g/mol. The Balaban J connectivity index is 2.32. The Bertz CT molecular complexity index is 1140. The number of hydrogen-bond acceptors (Lipinski definition) is 13. The van der Waals surface area contributed by atoms with Gasteiger partial charge in [0.15, 0.2) is 41.2 Å². The normalized spacial score (nSPS) is 22.3. The third kappa shape index (κ3) is 9.34. The second-order valence-electron chi connectivity index (χ2n) is 8.47. The molecule has 14 nitrogen and oxygen atoms in total. The molecule has 1 aliphatic rings. The highest BCUT2D eigenvalue weighted by atomic mass is 32.1. The van der Waals surface area contributed by atoms with Crippen LogP contribution in [-0.4, -0.2) is 86.2 Å². The van der Waals surface area contributed by atoms with Gasteiger partial charge in [0.1, 0.15) is 12.7 Å². The van der Waals surface area contributed by atoms with E-state index in [1.165, 1.54) is 21.1 Å². The molecule has 40 heavy (non-hydrogen) atoms. The lowest BCUT2D eigenvalue weighted by Crippen LogP contribution is -2.66. The first-order valence-electron chi connectivity index (χ1n) is 12.0. The summed E-state index contributed by atoms with van der Waals surface area (Å²) in [5, 5.41) is 7.01. The van der Waals surface area contributed by atoms with Crippen molar-refractivity contribution in [1.29, 1.82) is 0 Å². The molecule has 2 rings (SSSR count). The van der Waals surface area contributed by atoms with Gasteiger partial charge in [-0.05, 0) is 37.3 Å². The van der Waals surface area contributed by atoms with Crippen LogP contribution in [-0.2, 0) is 42.9 Å². The van der Waals surface area contributed by atoms with Gasteiger partial charge in [0, 0.05) is 33.3 Å². The molecule has 0 spiro atoms. The molecule has 1 aromatic carbocycles. The molecule has 15 heteroatoms. The standard InChI is InChI=1S/C25H33N3O11S/c1-12(17-8-9-18(33-6)19(10-17)34-7)27-28-25(40)26-24-23(38-16(5)32)22(37-15(4)31)21(36-14(3)30)20(39-24)11-35-13(2)29/h8-10,20-24H,11H2,1-7H3,(H2,26,28,40)/b27-12+/t20-,21-,22+,23-,24-/m1/s1. The number of carbonyl (C=O) groups is 4. The maximum absolute atomic E-state index is 12.0. The van der Waals surface area contributed by atoms with Crippen LogP contribution in [0.3, 0.4) is 0 Å². The van der Waals surface area contributed by atoms with Gasteiger partial charge in [0.2, 0.25) is 0 Å². The van der Waals surface area contributed by atoms with E-state index in [0.717, 1.165) is 20.8 Å². The Morgan fingerprint density at radius 2 is 1.43 bits per heavy atom. The van der Waals surface area contributed by atoms with Crippen molar-refractivity contribution in [3.63, 3.8) is 0 Å². The predicted octanol–water partition coefficient (Wildman–Crippen LogP) is 0.975. The second-order valence-corrected chi connectivity index (χ2v) is 8.88. The quantitative estimate of drug-likeness (QED) is 0.131. The zero-order chi connectivity index (χ0) is 30.0. The van der Waals surface area contributed by atoms with Crippen molar-refractivity contribution in [2.24, 2.45) is 5.10 Å². The minimum Gasteiger partial charge on any atom is -0.493 e. The zero-order valence-corrected chi connectivity index (χ0v) is 24.0. The fourth-order valence-corrected chi connectivity index (χ4v) is 3.93.